The first-order valence-corrected chi connectivity index (χ1v) is 6.52. The molecule has 2 N–H and O–H groups in total. The highest BCUT2D eigenvalue weighted by Gasteiger charge is 2.34. The summed E-state index contributed by atoms with van der Waals surface area (Å²) in [6.45, 7) is 2.25. The fraction of sp³-hybridized carbons (Fsp3) is 0.267. The second-order valence-corrected chi connectivity index (χ2v) is 5.11. The predicted molar refractivity (Wildman–Crippen MR) is 76.1 cm³/mol. The number of rotatable bonds is 2. The van der Waals surface area contributed by atoms with Crippen LogP contribution in [0.2, 0.25) is 0 Å². The Bertz CT molecular complexity index is 711. The minimum Gasteiger partial charge on any atom is -0.369 e. The highest BCUT2D eigenvalue weighted by Crippen LogP contribution is 2.30. The van der Waals surface area contributed by atoms with Gasteiger partial charge in [0.05, 0.1) is 17.1 Å². The molecule has 20 heavy (non-hydrogen) atoms. The maximum Gasteiger partial charge on any atom is 0.227 e. The van der Waals surface area contributed by atoms with Crippen LogP contribution >= 0.6 is 0 Å². The van der Waals surface area contributed by atoms with Gasteiger partial charge in [-0.05, 0) is 19.1 Å². The number of nitrogens with zero attached hydrogens (tertiary/aromatic N) is 2. The molecular formula is C15H15N3O2. The Morgan fingerprint density at radius 3 is 2.85 bits per heavy atom. The number of carbonyl (C=O) groups is 2. The Hall–Kier alpha value is -2.43. The van der Waals surface area contributed by atoms with Crippen LogP contribution in [0.1, 0.15) is 12.1 Å². The summed E-state index contributed by atoms with van der Waals surface area (Å²) in [5.74, 6) is -0.919. The van der Waals surface area contributed by atoms with Crippen molar-refractivity contribution < 1.29 is 9.59 Å². The zero-order chi connectivity index (χ0) is 14.3. The predicted octanol–water partition coefficient (Wildman–Crippen LogP) is 1.38. The quantitative estimate of drug-likeness (QED) is 0.894. The molecule has 1 aromatic carbocycles. The smallest absolute Gasteiger partial charge is 0.227 e. The van der Waals surface area contributed by atoms with Crippen LogP contribution in [0.3, 0.4) is 0 Å². The third-order valence-electron chi connectivity index (χ3n) is 3.66. The molecule has 2 heterocycles. The number of aromatic nitrogens is 1. The summed E-state index contributed by atoms with van der Waals surface area (Å²) in [4.78, 5) is 29.5. The van der Waals surface area contributed by atoms with Crippen molar-refractivity contribution in [3.63, 3.8) is 0 Å². The molecule has 1 aliphatic heterocycles. The molecule has 1 unspecified atom stereocenters. The third kappa shape index (κ3) is 2.01. The first kappa shape index (κ1) is 12.6. The number of benzene rings is 1. The van der Waals surface area contributed by atoms with Crippen molar-refractivity contribution >= 4 is 28.4 Å². The highest BCUT2D eigenvalue weighted by atomic mass is 16.2. The number of hydrogen-bond donors (Lipinski definition) is 1. The average Bonchev–Trinajstić information content (AvgIpc) is 2.80. The van der Waals surface area contributed by atoms with E-state index in [1.165, 1.54) is 0 Å². The summed E-state index contributed by atoms with van der Waals surface area (Å²) in [5.41, 5.74) is 7.73. The van der Waals surface area contributed by atoms with Crippen molar-refractivity contribution in [2.75, 3.05) is 11.4 Å². The number of primary amides is 1. The van der Waals surface area contributed by atoms with Gasteiger partial charge in [-0.1, -0.05) is 18.2 Å². The van der Waals surface area contributed by atoms with E-state index >= 15 is 0 Å². The number of pyridine rings is 1. The molecule has 1 saturated heterocycles. The normalized spacial score (nSPS) is 18.8. The van der Waals surface area contributed by atoms with Gasteiger partial charge in [0.1, 0.15) is 0 Å². The van der Waals surface area contributed by atoms with Gasteiger partial charge in [0.15, 0.2) is 0 Å². The monoisotopic (exact) mass is 269 g/mol. The van der Waals surface area contributed by atoms with Crippen LogP contribution < -0.4 is 10.6 Å². The van der Waals surface area contributed by atoms with Gasteiger partial charge in [-0.25, -0.2) is 0 Å². The van der Waals surface area contributed by atoms with Crippen molar-refractivity contribution in [1.82, 2.24) is 4.98 Å². The lowest BCUT2D eigenvalue weighted by Gasteiger charge is -2.18. The van der Waals surface area contributed by atoms with Crippen LogP contribution in [-0.4, -0.2) is 23.3 Å². The molecule has 1 atom stereocenters. The number of hydrogen-bond acceptors (Lipinski definition) is 3. The van der Waals surface area contributed by atoms with E-state index in [1.54, 1.807) is 4.90 Å². The summed E-state index contributed by atoms with van der Waals surface area (Å²) in [6.07, 6.45) is 0.178. The molecule has 2 amide bonds. The fourth-order valence-corrected chi connectivity index (χ4v) is 2.58. The lowest BCUT2D eigenvalue weighted by atomic mass is 10.1. The molecule has 1 aliphatic rings. The highest BCUT2D eigenvalue weighted by molar-refractivity contribution is 6.05. The summed E-state index contributed by atoms with van der Waals surface area (Å²) < 4.78 is 0. The van der Waals surface area contributed by atoms with Crippen LogP contribution in [0.25, 0.3) is 10.9 Å². The van der Waals surface area contributed by atoms with Crippen molar-refractivity contribution in [1.29, 1.82) is 0 Å². The van der Waals surface area contributed by atoms with E-state index in [0.29, 0.717) is 6.54 Å². The molecule has 5 nitrogen and oxygen atoms in total. The molecular weight excluding hydrogens is 254 g/mol. The Morgan fingerprint density at radius 1 is 1.35 bits per heavy atom. The average molecular weight is 269 g/mol. The SMILES string of the molecule is Cc1ccc2cccc(N3CC(C(N)=O)CC3=O)c2n1. The van der Waals surface area contributed by atoms with Crippen LogP contribution in [0, 0.1) is 12.8 Å². The van der Waals surface area contributed by atoms with Crippen molar-refractivity contribution in [2.24, 2.45) is 11.7 Å². The lowest BCUT2D eigenvalue weighted by molar-refractivity contribution is -0.123. The molecule has 0 aliphatic carbocycles. The first-order valence-electron chi connectivity index (χ1n) is 6.52. The second kappa shape index (κ2) is 4.59. The topological polar surface area (TPSA) is 76.3 Å². The summed E-state index contributed by atoms with van der Waals surface area (Å²) >= 11 is 0. The number of fused-ring (bicyclic) bond motifs is 1. The standard InChI is InChI=1S/C15H15N3O2/c1-9-5-6-10-3-2-4-12(14(10)17-9)18-8-11(15(16)20)7-13(18)19/h2-6,11H,7-8H2,1H3,(H2,16,20). The third-order valence-corrected chi connectivity index (χ3v) is 3.66. The van der Waals surface area contributed by atoms with Crippen LogP contribution in [0.5, 0.6) is 0 Å². The van der Waals surface area contributed by atoms with Crippen molar-refractivity contribution in [3.8, 4) is 0 Å². The molecule has 0 spiro atoms. The second-order valence-electron chi connectivity index (χ2n) is 5.11. The minimum atomic E-state index is -0.426. The van der Waals surface area contributed by atoms with Gasteiger partial charge in [-0.15, -0.1) is 0 Å². The number of anilines is 1. The molecule has 2 aromatic rings. The van der Waals surface area contributed by atoms with Gasteiger partial charge in [0.25, 0.3) is 0 Å². The van der Waals surface area contributed by atoms with Gasteiger partial charge >= 0.3 is 0 Å². The van der Waals surface area contributed by atoms with Gasteiger partial charge in [0.2, 0.25) is 11.8 Å². The molecule has 0 radical (unpaired) electrons. The van der Waals surface area contributed by atoms with E-state index in [9.17, 15) is 9.59 Å². The molecule has 3 rings (SSSR count). The van der Waals surface area contributed by atoms with Gasteiger partial charge in [0, 0.05) is 24.0 Å². The van der Waals surface area contributed by atoms with Crippen molar-refractivity contribution in [2.45, 2.75) is 13.3 Å². The maximum absolute atomic E-state index is 12.1. The Kier molecular flexibility index (Phi) is 2.89. The van der Waals surface area contributed by atoms with Crippen LogP contribution in [0.15, 0.2) is 30.3 Å². The van der Waals surface area contributed by atoms with E-state index < -0.39 is 11.8 Å². The fourth-order valence-electron chi connectivity index (χ4n) is 2.58. The van der Waals surface area contributed by atoms with Crippen molar-refractivity contribution in [3.05, 3.63) is 36.0 Å². The van der Waals surface area contributed by atoms with Gasteiger partial charge in [-0.3, -0.25) is 14.6 Å². The lowest BCUT2D eigenvalue weighted by Crippen LogP contribution is -2.28. The molecule has 5 heteroatoms. The van der Waals surface area contributed by atoms with E-state index in [-0.39, 0.29) is 12.3 Å². The van der Waals surface area contributed by atoms with Gasteiger partial charge < -0.3 is 10.6 Å². The largest absolute Gasteiger partial charge is 0.369 e. The Labute approximate surface area is 116 Å². The number of aryl methyl sites for hydroxylation is 1. The Balaban J connectivity index is 2.08. The minimum absolute atomic E-state index is 0.0791. The molecule has 0 bridgehead atoms. The number of para-hydroxylation sites is 1. The molecule has 1 fully saturated rings. The van der Waals surface area contributed by atoms with E-state index in [2.05, 4.69) is 4.98 Å². The zero-order valence-electron chi connectivity index (χ0n) is 11.2. The van der Waals surface area contributed by atoms with Crippen LogP contribution in [-0.2, 0) is 9.59 Å². The first-order chi connectivity index (χ1) is 9.56. The molecule has 102 valence electrons. The number of amides is 2. The number of nitrogens with two attached hydrogens (primary N) is 1. The number of carbonyl (C=O) groups excluding carboxylic acids is 2. The summed E-state index contributed by atoms with van der Waals surface area (Å²) in [7, 11) is 0. The summed E-state index contributed by atoms with van der Waals surface area (Å²) in [5, 5.41) is 0.975. The summed E-state index contributed by atoms with van der Waals surface area (Å²) in [6, 6.07) is 9.62. The Morgan fingerprint density at radius 2 is 2.15 bits per heavy atom. The van der Waals surface area contributed by atoms with E-state index in [0.717, 1.165) is 22.3 Å². The van der Waals surface area contributed by atoms with E-state index in [4.69, 9.17) is 5.73 Å². The zero-order valence-corrected chi connectivity index (χ0v) is 11.2. The molecule has 0 saturated carbocycles. The van der Waals surface area contributed by atoms with Crippen LogP contribution in [0.4, 0.5) is 5.69 Å². The van der Waals surface area contributed by atoms with Gasteiger partial charge in [-0.2, -0.15) is 0 Å². The molecule has 1 aromatic heterocycles. The maximum atomic E-state index is 12.1. The van der Waals surface area contributed by atoms with E-state index in [1.807, 2.05) is 37.3 Å².